The fraction of sp³-hybridized carbons (Fsp3) is 0.632. The smallest absolute Gasteiger partial charge is 0.223 e. The first-order chi connectivity index (χ1) is 12.8. The number of likely N-dealkylation sites (tertiary alicyclic amines) is 1. The van der Waals surface area contributed by atoms with Gasteiger partial charge < -0.3 is 14.4 Å². The molecule has 2 heterocycles. The van der Waals surface area contributed by atoms with Crippen LogP contribution in [0.1, 0.15) is 30.4 Å². The highest BCUT2D eigenvalue weighted by Gasteiger charge is 2.40. The molecule has 150 valence electrons. The number of nitrogens with zero attached hydrogens (tertiary/aromatic N) is 2. The number of carbonyl (C=O) groups is 1. The van der Waals surface area contributed by atoms with Gasteiger partial charge in [-0.05, 0) is 12.5 Å². The third-order valence-electron chi connectivity index (χ3n) is 5.18. The monoisotopic (exact) mass is 396 g/mol. The molecule has 1 aromatic carbocycles. The van der Waals surface area contributed by atoms with Crippen LogP contribution < -0.4 is 0 Å². The number of carbonyl (C=O) groups excluding carboxylic acids is 1. The summed E-state index contributed by atoms with van der Waals surface area (Å²) in [6, 6.07) is 7.75. The van der Waals surface area contributed by atoms with E-state index in [-0.39, 0.29) is 25.4 Å². The second-order valence-electron chi connectivity index (χ2n) is 7.32. The van der Waals surface area contributed by atoms with Crippen LogP contribution in [0.15, 0.2) is 24.3 Å². The van der Waals surface area contributed by atoms with Crippen molar-refractivity contribution in [1.82, 2.24) is 9.21 Å². The standard InChI is InChI=1S/C19H28N2O5S/c1-16-4-3-5-17(14-16)15-21(27(2,23)24)9-6-18(22)20-10-7-19(8-11-20)25-12-13-26-19/h3-5,14H,6-13,15H2,1-2H3. The molecule has 0 aromatic heterocycles. The number of hydrogen-bond donors (Lipinski definition) is 0. The summed E-state index contributed by atoms with van der Waals surface area (Å²) in [7, 11) is -3.40. The molecule has 1 spiro atoms. The van der Waals surface area contributed by atoms with Crippen LogP contribution in [0, 0.1) is 6.92 Å². The van der Waals surface area contributed by atoms with E-state index < -0.39 is 15.8 Å². The van der Waals surface area contributed by atoms with E-state index in [1.807, 2.05) is 31.2 Å². The number of amides is 1. The Hall–Kier alpha value is -1.48. The van der Waals surface area contributed by atoms with Crippen molar-refractivity contribution in [3.63, 3.8) is 0 Å². The number of rotatable bonds is 6. The third-order valence-corrected chi connectivity index (χ3v) is 6.43. The maximum absolute atomic E-state index is 12.6. The quantitative estimate of drug-likeness (QED) is 0.729. The van der Waals surface area contributed by atoms with Crippen molar-refractivity contribution in [3.8, 4) is 0 Å². The van der Waals surface area contributed by atoms with Gasteiger partial charge in [0.2, 0.25) is 15.9 Å². The van der Waals surface area contributed by atoms with Crippen molar-refractivity contribution in [2.45, 2.75) is 38.5 Å². The summed E-state index contributed by atoms with van der Waals surface area (Å²) in [6.45, 7) is 4.80. The molecule has 0 bridgehead atoms. The molecule has 1 aromatic rings. The Kier molecular flexibility index (Phi) is 6.20. The number of benzene rings is 1. The van der Waals surface area contributed by atoms with Gasteiger partial charge in [-0.25, -0.2) is 8.42 Å². The van der Waals surface area contributed by atoms with Crippen LogP contribution in [-0.4, -0.2) is 68.4 Å². The van der Waals surface area contributed by atoms with Crippen molar-refractivity contribution in [2.24, 2.45) is 0 Å². The van der Waals surface area contributed by atoms with Crippen LogP contribution in [0.2, 0.25) is 0 Å². The summed E-state index contributed by atoms with van der Waals surface area (Å²) >= 11 is 0. The van der Waals surface area contributed by atoms with Gasteiger partial charge in [0.15, 0.2) is 5.79 Å². The number of ether oxygens (including phenoxy) is 2. The van der Waals surface area contributed by atoms with E-state index in [1.165, 1.54) is 10.6 Å². The predicted molar refractivity (Wildman–Crippen MR) is 101 cm³/mol. The molecule has 8 heteroatoms. The molecule has 27 heavy (non-hydrogen) atoms. The van der Waals surface area contributed by atoms with Gasteiger partial charge in [0.25, 0.3) is 0 Å². The number of hydrogen-bond acceptors (Lipinski definition) is 5. The first-order valence-electron chi connectivity index (χ1n) is 9.34. The second-order valence-corrected chi connectivity index (χ2v) is 9.31. The largest absolute Gasteiger partial charge is 0.347 e. The van der Waals surface area contributed by atoms with Crippen molar-refractivity contribution in [2.75, 3.05) is 39.1 Å². The average molecular weight is 397 g/mol. The molecular weight excluding hydrogens is 368 g/mol. The molecule has 0 N–H and O–H groups in total. The lowest BCUT2D eigenvalue weighted by molar-refractivity contribution is -0.187. The van der Waals surface area contributed by atoms with E-state index in [0.717, 1.165) is 11.1 Å². The van der Waals surface area contributed by atoms with Gasteiger partial charge >= 0.3 is 0 Å². The van der Waals surface area contributed by atoms with Crippen LogP contribution in [0.5, 0.6) is 0 Å². The first-order valence-corrected chi connectivity index (χ1v) is 11.2. The Bertz CT molecular complexity index is 764. The molecular formula is C19H28N2O5S. The minimum Gasteiger partial charge on any atom is -0.347 e. The van der Waals surface area contributed by atoms with Gasteiger partial charge in [-0.3, -0.25) is 4.79 Å². The molecule has 2 fully saturated rings. The van der Waals surface area contributed by atoms with Gasteiger partial charge in [-0.2, -0.15) is 4.31 Å². The fourth-order valence-electron chi connectivity index (χ4n) is 3.64. The van der Waals surface area contributed by atoms with E-state index in [9.17, 15) is 13.2 Å². The van der Waals surface area contributed by atoms with E-state index >= 15 is 0 Å². The molecule has 2 aliphatic rings. The van der Waals surface area contributed by atoms with Gasteiger partial charge in [0, 0.05) is 45.4 Å². The second kappa shape index (κ2) is 8.26. The molecule has 3 rings (SSSR count). The zero-order valence-electron chi connectivity index (χ0n) is 16.0. The highest BCUT2D eigenvalue weighted by Crippen LogP contribution is 2.31. The van der Waals surface area contributed by atoms with Crippen LogP contribution in [0.25, 0.3) is 0 Å². The molecule has 0 saturated carbocycles. The molecule has 2 aliphatic heterocycles. The Labute approximate surface area is 161 Å². The molecule has 0 radical (unpaired) electrons. The molecule has 0 unspecified atom stereocenters. The summed E-state index contributed by atoms with van der Waals surface area (Å²) in [4.78, 5) is 14.3. The Balaban J connectivity index is 1.55. The van der Waals surface area contributed by atoms with Gasteiger partial charge in [0.1, 0.15) is 0 Å². The summed E-state index contributed by atoms with van der Waals surface area (Å²) in [5.74, 6) is -0.540. The zero-order chi connectivity index (χ0) is 19.5. The summed E-state index contributed by atoms with van der Waals surface area (Å²) in [5, 5.41) is 0. The topological polar surface area (TPSA) is 76.2 Å². The van der Waals surface area contributed by atoms with Crippen LogP contribution >= 0.6 is 0 Å². The first kappa shape index (κ1) is 20.3. The number of piperidine rings is 1. The van der Waals surface area contributed by atoms with Crippen LogP contribution in [0.4, 0.5) is 0 Å². The molecule has 7 nitrogen and oxygen atoms in total. The van der Waals surface area contributed by atoms with Gasteiger partial charge in [0.05, 0.1) is 19.5 Å². The lowest BCUT2D eigenvalue weighted by Gasteiger charge is -2.37. The van der Waals surface area contributed by atoms with Gasteiger partial charge in [-0.1, -0.05) is 29.8 Å². The molecule has 0 atom stereocenters. The summed E-state index contributed by atoms with van der Waals surface area (Å²) in [6.07, 6.45) is 2.69. The van der Waals surface area contributed by atoms with E-state index in [4.69, 9.17) is 9.47 Å². The molecule has 2 saturated heterocycles. The number of aryl methyl sites for hydroxylation is 1. The van der Waals surface area contributed by atoms with Crippen molar-refractivity contribution in [1.29, 1.82) is 0 Å². The Morgan fingerprint density at radius 1 is 1.22 bits per heavy atom. The van der Waals surface area contributed by atoms with E-state index in [1.54, 1.807) is 4.90 Å². The Morgan fingerprint density at radius 2 is 1.89 bits per heavy atom. The minimum absolute atomic E-state index is 0.0271. The van der Waals surface area contributed by atoms with Crippen LogP contribution in [0.3, 0.4) is 0 Å². The predicted octanol–water partition coefficient (Wildman–Crippen LogP) is 1.51. The fourth-order valence-corrected chi connectivity index (χ4v) is 4.44. The lowest BCUT2D eigenvalue weighted by Crippen LogP contribution is -2.47. The molecule has 0 aliphatic carbocycles. The van der Waals surface area contributed by atoms with Crippen molar-refractivity contribution in [3.05, 3.63) is 35.4 Å². The van der Waals surface area contributed by atoms with Crippen molar-refractivity contribution >= 4 is 15.9 Å². The normalized spacial score (nSPS) is 19.7. The average Bonchev–Trinajstić information content (AvgIpc) is 3.06. The highest BCUT2D eigenvalue weighted by atomic mass is 32.2. The highest BCUT2D eigenvalue weighted by molar-refractivity contribution is 7.88. The van der Waals surface area contributed by atoms with Gasteiger partial charge in [-0.15, -0.1) is 0 Å². The lowest BCUT2D eigenvalue weighted by atomic mass is 10.0. The maximum atomic E-state index is 12.6. The van der Waals surface area contributed by atoms with Crippen molar-refractivity contribution < 1.29 is 22.7 Å². The third kappa shape index (κ3) is 5.28. The van der Waals surface area contributed by atoms with E-state index in [2.05, 4.69) is 0 Å². The maximum Gasteiger partial charge on any atom is 0.223 e. The van der Waals surface area contributed by atoms with E-state index in [0.29, 0.717) is 39.1 Å². The zero-order valence-corrected chi connectivity index (χ0v) is 16.8. The van der Waals surface area contributed by atoms with Crippen LogP contribution in [-0.2, 0) is 30.8 Å². The SMILES string of the molecule is Cc1cccc(CN(CCC(=O)N2CCC3(CC2)OCCO3)S(C)(=O)=O)c1. The number of sulfonamides is 1. The molecule has 1 amide bonds. The minimum atomic E-state index is -3.40. The summed E-state index contributed by atoms with van der Waals surface area (Å²) < 4.78 is 37.0. The Morgan fingerprint density at radius 3 is 2.48 bits per heavy atom. The summed E-state index contributed by atoms with van der Waals surface area (Å²) in [5.41, 5.74) is 2.00.